The van der Waals surface area contributed by atoms with Crippen LogP contribution in [0, 0.1) is 0 Å². The lowest BCUT2D eigenvalue weighted by Crippen LogP contribution is -2.38. The summed E-state index contributed by atoms with van der Waals surface area (Å²) in [4.78, 5) is 0.311. The van der Waals surface area contributed by atoms with Crippen molar-refractivity contribution in [3.63, 3.8) is 0 Å². The van der Waals surface area contributed by atoms with Crippen LogP contribution in [0.1, 0.15) is 17.7 Å². The lowest BCUT2D eigenvalue weighted by atomic mass is 9.95. The van der Waals surface area contributed by atoms with Crippen LogP contribution >= 0.6 is 0 Å². The molecule has 0 fully saturated rings. The standard InChI is InChI=1S/C13H15N3O2S/c17-19(18,12-4-2-1-3-5-12)16-11-7-6-10-9-14-15-13(10)8-11/h1-5,9,11,16H,6-8H2,(H,14,15). The first kappa shape index (κ1) is 12.4. The van der Waals surface area contributed by atoms with Crippen molar-refractivity contribution in [2.45, 2.75) is 30.2 Å². The van der Waals surface area contributed by atoms with Crippen molar-refractivity contribution >= 4 is 10.0 Å². The summed E-state index contributed by atoms with van der Waals surface area (Å²) in [6.07, 6.45) is 4.14. The van der Waals surface area contributed by atoms with Gasteiger partial charge in [-0.05, 0) is 30.5 Å². The molecule has 1 aliphatic carbocycles. The average Bonchev–Trinajstić information content (AvgIpc) is 2.87. The van der Waals surface area contributed by atoms with Gasteiger partial charge in [0.25, 0.3) is 0 Å². The van der Waals surface area contributed by atoms with Gasteiger partial charge in [-0.3, -0.25) is 5.10 Å². The SMILES string of the molecule is O=S(=O)(NC1CCc2cn[nH]c2C1)c1ccccc1. The number of sulfonamides is 1. The molecule has 6 heteroatoms. The van der Waals surface area contributed by atoms with Crippen LogP contribution < -0.4 is 4.72 Å². The van der Waals surface area contributed by atoms with Crippen LogP contribution in [0.15, 0.2) is 41.4 Å². The maximum Gasteiger partial charge on any atom is 0.240 e. The van der Waals surface area contributed by atoms with Crippen molar-refractivity contribution in [1.82, 2.24) is 14.9 Å². The Hall–Kier alpha value is -1.66. The van der Waals surface area contributed by atoms with Crippen molar-refractivity contribution in [2.24, 2.45) is 0 Å². The second-order valence-corrected chi connectivity index (χ2v) is 6.46. The highest BCUT2D eigenvalue weighted by atomic mass is 32.2. The molecule has 19 heavy (non-hydrogen) atoms. The van der Waals surface area contributed by atoms with Crippen molar-refractivity contribution in [3.8, 4) is 0 Å². The molecule has 1 unspecified atom stereocenters. The van der Waals surface area contributed by atoms with Gasteiger partial charge in [0.1, 0.15) is 0 Å². The zero-order chi connectivity index (χ0) is 13.3. The minimum absolute atomic E-state index is 0.0712. The molecule has 1 atom stereocenters. The summed E-state index contributed by atoms with van der Waals surface area (Å²) in [5, 5.41) is 6.92. The van der Waals surface area contributed by atoms with Crippen LogP contribution in [-0.4, -0.2) is 24.7 Å². The smallest absolute Gasteiger partial charge is 0.240 e. The summed E-state index contributed by atoms with van der Waals surface area (Å²) >= 11 is 0. The van der Waals surface area contributed by atoms with Crippen molar-refractivity contribution < 1.29 is 8.42 Å². The third kappa shape index (κ3) is 2.54. The van der Waals surface area contributed by atoms with Crippen LogP contribution in [0.3, 0.4) is 0 Å². The van der Waals surface area contributed by atoms with Crippen molar-refractivity contribution in [3.05, 3.63) is 47.8 Å². The number of hydrogen-bond donors (Lipinski definition) is 2. The predicted octanol–water partition coefficient (Wildman–Crippen LogP) is 1.25. The summed E-state index contributed by atoms with van der Waals surface area (Å²) in [6.45, 7) is 0. The molecule has 0 aliphatic heterocycles. The van der Waals surface area contributed by atoms with E-state index >= 15 is 0 Å². The highest BCUT2D eigenvalue weighted by molar-refractivity contribution is 7.89. The molecule has 0 bridgehead atoms. The number of nitrogens with zero attached hydrogens (tertiary/aromatic N) is 1. The number of benzene rings is 1. The van der Waals surface area contributed by atoms with E-state index in [1.807, 2.05) is 6.20 Å². The van der Waals surface area contributed by atoms with Crippen LogP contribution in [0.4, 0.5) is 0 Å². The first-order valence-electron chi connectivity index (χ1n) is 6.24. The Morgan fingerprint density at radius 1 is 1.26 bits per heavy atom. The Morgan fingerprint density at radius 2 is 2.05 bits per heavy atom. The van der Waals surface area contributed by atoms with E-state index in [1.54, 1.807) is 30.3 Å². The molecule has 2 N–H and O–H groups in total. The number of rotatable bonds is 3. The average molecular weight is 277 g/mol. The maximum absolute atomic E-state index is 12.2. The minimum Gasteiger partial charge on any atom is -0.282 e. The molecule has 1 aromatic carbocycles. The molecule has 2 aromatic rings. The minimum atomic E-state index is -3.43. The van der Waals surface area contributed by atoms with E-state index in [-0.39, 0.29) is 6.04 Å². The van der Waals surface area contributed by atoms with E-state index in [0.29, 0.717) is 11.3 Å². The molecule has 0 amide bonds. The molecule has 0 spiro atoms. The largest absolute Gasteiger partial charge is 0.282 e. The number of aromatic nitrogens is 2. The van der Waals surface area contributed by atoms with E-state index in [4.69, 9.17) is 0 Å². The van der Waals surface area contributed by atoms with Crippen LogP contribution in [0.2, 0.25) is 0 Å². The summed E-state index contributed by atoms with van der Waals surface area (Å²) in [5.74, 6) is 0. The number of nitrogens with one attached hydrogen (secondary N) is 2. The van der Waals surface area contributed by atoms with Gasteiger partial charge < -0.3 is 0 Å². The van der Waals surface area contributed by atoms with Crippen molar-refractivity contribution in [1.29, 1.82) is 0 Å². The Bertz CT molecular complexity index is 664. The predicted molar refractivity (Wildman–Crippen MR) is 71.2 cm³/mol. The van der Waals surface area contributed by atoms with Crippen LogP contribution in [0.5, 0.6) is 0 Å². The molecule has 1 aromatic heterocycles. The first-order valence-corrected chi connectivity index (χ1v) is 7.72. The van der Waals surface area contributed by atoms with Gasteiger partial charge >= 0.3 is 0 Å². The zero-order valence-electron chi connectivity index (χ0n) is 10.3. The van der Waals surface area contributed by atoms with Gasteiger partial charge in [-0.15, -0.1) is 0 Å². The normalized spacial score (nSPS) is 19.1. The number of H-pyrrole nitrogens is 1. The Kier molecular flexibility index (Phi) is 3.12. The molecule has 0 saturated carbocycles. The molecule has 1 heterocycles. The summed E-state index contributed by atoms with van der Waals surface area (Å²) in [5.41, 5.74) is 2.22. The van der Waals surface area contributed by atoms with Gasteiger partial charge in [-0.25, -0.2) is 13.1 Å². The number of hydrogen-bond acceptors (Lipinski definition) is 3. The molecule has 100 valence electrons. The van der Waals surface area contributed by atoms with Gasteiger partial charge in [-0.2, -0.15) is 5.10 Å². The van der Waals surface area contributed by atoms with Crippen LogP contribution in [-0.2, 0) is 22.9 Å². The van der Waals surface area contributed by atoms with E-state index in [1.165, 1.54) is 5.56 Å². The maximum atomic E-state index is 12.2. The van der Waals surface area contributed by atoms with Gasteiger partial charge in [0, 0.05) is 18.2 Å². The van der Waals surface area contributed by atoms with Gasteiger partial charge in [0.2, 0.25) is 10.0 Å². The monoisotopic (exact) mass is 277 g/mol. The Morgan fingerprint density at radius 3 is 2.84 bits per heavy atom. The third-order valence-corrected chi connectivity index (χ3v) is 4.93. The van der Waals surface area contributed by atoms with E-state index in [9.17, 15) is 8.42 Å². The summed E-state index contributed by atoms with van der Waals surface area (Å²) in [7, 11) is -3.43. The highest BCUT2D eigenvalue weighted by Gasteiger charge is 2.25. The number of aryl methyl sites for hydroxylation is 1. The fraction of sp³-hybridized carbons (Fsp3) is 0.308. The molecule has 0 saturated heterocycles. The molecule has 3 rings (SSSR count). The molecular formula is C13H15N3O2S. The molecule has 1 aliphatic rings. The molecule has 0 radical (unpaired) electrons. The van der Waals surface area contributed by atoms with E-state index < -0.39 is 10.0 Å². The van der Waals surface area contributed by atoms with Gasteiger partial charge in [0.15, 0.2) is 0 Å². The van der Waals surface area contributed by atoms with Crippen molar-refractivity contribution in [2.75, 3.05) is 0 Å². The van der Waals surface area contributed by atoms with E-state index in [0.717, 1.165) is 18.5 Å². The second-order valence-electron chi connectivity index (χ2n) is 4.75. The summed E-state index contributed by atoms with van der Waals surface area (Å²) < 4.78 is 27.2. The topological polar surface area (TPSA) is 74.8 Å². The number of aromatic amines is 1. The highest BCUT2D eigenvalue weighted by Crippen LogP contribution is 2.20. The Labute approximate surface area is 112 Å². The second kappa shape index (κ2) is 4.79. The fourth-order valence-corrected chi connectivity index (χ4v) is 3.69. The van der Waals surface area contributed by atoms with Crippen LogP contribution in [0.25, 0.3) is 0 Å². The molecule has 5 nitrogen and oxygen atoms in total. The third-order valence-electron chi connectivity index (χ3n) is 3.40. The Balaban J connectivity index is 1.76. The van der Waals surface area contributed by atoms with Gasteiger partial charge in [0.05, 0.1) is 11.1 Å². The first-order chi connectivity index (χ1) is 9.15. The number of fused-ring (bicyclic) bond motifs is 1. The quantitative estimate of drug-likeness (QED) is 0.886. The fourth-order valence-electron chi connectivity index (χ4n) is 2.40. The van der Waals surface area contributed by atoms with Gasteiger partial charge in [-0.1, -0.05) is 18.2 Å². The summed E-state index contributed by atoms with van der Waals surface area (Å²) in [6, 6.07) is 8.39. The van der Waals surface area contributed by atoms with E-state index in [2.05, 4.69) is 14.9 Å². The zero-order valence-corrected chi connectivity index (χ0v) is 11.2. The lowest BCUT2D eigenvalue weighted by molar-refractivity contribution is 0.504. The molecular weight excluding hydrogens is 262 g/mol. The lowest BCUT2D eigenvalue weighted by Gasteiger charge is -2.22.